The van der Waals surface area contributed by atoms with Gasteiger partial charge in [-0.1, -0.05) is 11.6 Å². The van der Waals surface area contributed by atoms with Gasteiger partial charge in [-0.2, -0.15) is 0 Å². The monoisotopic (exact) mass is 295 g/mol. The third-order valence-corrected chi connectivity index (χ3v) is 2.96. The van der Waals surface area contributed by atoms with Crippen molar-refractivity contribution in [1.29, 1.82) is 0 Å². The van der Waals surface area contributed by atoms with Crippen LogP contribution < -0.4 is 5.32 Å². The molecule has 0 fully saturated rings. The lowest BCUT2D eigenvalue weighted by atomic mass is 10.2. The maximum Gasteiger partial charge on any atom is 0.408 e. The van der Waals surface area contributed by atoms with Gasteiger partial charge in [0.2, 0.25) is 0 Å². The van der Waals surface area contributed by atoms with Gasteiger partial charge < -0.3 is 14.6 Å². The molecule has 6 heteroatoms. The van der Waals surface area contributed by atoms with Gasteiger partial charge in [-0.15, -0.1) is 0 Å². The van der Waals surface area contributed by atoms with Crippen LogP contribution in [0.15, 0.2) is 18.2 Å². The van der Waals surface area contributed by atoms with Crippen LogP contribution >= 0.6 is 11.6 Å². The van der Waals surface area contributed by atoms with Crippen molar-refractivity contribution in [2.75, 3.05) is 0 Å². The van der Waals surface area contributed by atoms with E-state index in [1.165, 1.54) is 0 Å². The van der Waals surface area contributed by atoms with E-state index in [9.17, 15) is 4.79 Å². The lowest BCUT2D eigenvalue weighted by Crippen LogP contribution is -2.32. The second kappa shape index (κ2) is 5.32. The van der Waals surface area contributed by atoms with Gasteiger partial charge in [-0.3, -0.25) is 0 Å². The summed E-state index contributed by atoms with van der Waals surface area (Å²) in [6.07, 6.45) is -0.456. The lowest BCUT2D eigenvalue weighted by Gasteiger charge is -2.19. The molecule has 2 rings (SSSR count). The van der Waals surface area contributed by atoms with Gasteiger partial charge in [0.15, 0.2) is 0 Å². The van der Waals surface area contributed by atoms with Crippen LogP contribution in [0.1, 0.15) is 26.6 Å². The van der Waals surface area contributed by atoms with Gasteiger partial charge >= 0.3 is 6.09 Å². The number of rotatable bonds is 2. The van der Waals surface area contributed by atoms with Crippen molar-refractivity contribution in [2.24, 2.45) is 7.05 Å². The molecule has 2 aromatic rings. The molecule has 5 nitrogen and oxygen atoms in total. The third-order valence-electron chi connectivity index (χ3n) is 2.73. The highest BCUT2D eigenvalue weighted by Gasteiger charge is 2.16. The summed E-state index contributed by atoms with van der Waals surface area (Å²) in [5.74, 6) is 0.744. The minimum Gasteiger partial charge on any atom is -0.444 e. The van der Waals surface area contributed by atoms with Crippen molar-refractivity contribution < 1.29 is 9.53 Å². The normalized spacial score (nSPS) is 11.7. The van der Waals surface area contributed by atoms with Crippen LogP contribution in [-0.4, -0.2) is 21.2 Å². The molecule has 1 heterocycles. The number of aromatic nitrogens is 2. The highest BCUT2D eigenvalue weighted by molar-refractivity contribution is 6.31. The molecule has 1 aromatic heterocycles. The fourth-order valence-electron chi connectivity index (χ4n) is 1.84. The zero-order chi connectivity index (χ0) is 14.9. The van der Waals surface area contributed by atoms with Gasteiger partial charge in [0.05, 0.1) is 17.6 Å². The molecule has 1 aromatic carbocycles. The van der Waals surface area contributed by atoms with E-state index in [0.29, 0.717) is 11.6 Å². The van der Waals surface area contributed by atoms with Crippen LogP contribution in [0.3, 0.4) is 0 Å². The number of ether oxygens (including phenoxy) is 1. The summed E-state index contributed by atoms with van der Waals surface area (Å²) < 4.78 is 7.09. The Morgan fingerprint density at radius 3 is 2.80 bits per heavy atom. The number of amides is 1. The van der Waals surface area contributed by atoms with E-state index in [1.807, 2.05) is 44.5 Å². The second-order valence-electron chi connectivity index (χ2n) is 5.58. The molecule has 0 radical (unpaired) electrons. The molecular weight excluding hydrogens is 278 g/mol. The number of aryl methyl sites for hydroxylation is 1. The molecule has 20 heavy (non-hydrogen) atoms. The Morgan fingerprint density at radius 1 is 1.45 bits per heavy atom. The van der Waals surface area contributed by atoms with Crippen LogP contribution in [0.25, 0.3) is 11.0 Å². The van der Waals surface area contributed by atoms with Crippen LogP contribution in [0.4, 0.5) is 4.79 Å². The van der Waals surface area contributed by atoms with E-state index in [-0.39, 0.29) is 0 Å². The maximum atomic E-state index is 11.6. The van der Waals surface area contributed by atoms with E-state index < -0.39 is 11.7 Å². The number of benzene rings is 1. The van der Waals surface area contributed by atoms with E-state index in [1.54, 1.807) is 6.07 Å². The van der Waals surface area contributed by atoms with E-state index >= 15 is 0 Å². The molecule has 0 aliphatic rings. The van der Waals surface area contributed by atoms with Crippen molar-refractivity contribution in [2.45, 2.75) is 32.9 Å². The number of halogens is 1. The number of hydrogen-bond acceptors (Lipinski definition) is 3. The summed E-state index contributed by atoms with van der Waals surface area (Å²) in [5, 5.41) is 3.35. The Kier molecular flexibility index (Phi) is 3.90. The summed E-state index contributed by atoms with van der Waals surface area (Å²) in [6, 6.07) is 5.50. The van der Waals surface area contributed by atoms with Crippen molar-refractivity contribution in [3.8, 4) is 0 Å². The van der Waals surface area contributed by atoms with E-state index in [0.717, 1.165) is 16.9 Å². The molecule has 0 aliphatic carbocycles. The first kappa shape index (κ1) is 14.7. The highest BCUT2D eigenvalue weighted by atomic mass is 35.5. The average Bonchev–Trinajstić information content (AvgIpc) is 2.62. The van der Waals surface area contributed by atoms with Crippen LogP contribution in [-0.2, 0) is 18.3 Å². The SMILES string of the molecule is Cn1c(CNC(=O)OC(C)(C)C)nc2ccc(Cl)cc21. The predicted octanol–water partition coefficient (Wildman–Crippen LogP) is 3.25. The summed E-state index contributed by atoms with van der Waals surface area (Å²) in [6.45, 7) is 5.77. The Morgan fingerprint density at radius 2 is 2.15 bits per heavy atom. The first-order valence-electron chi connectivity index (χ1n) is 6.34. The van der Waals surface area contributed by atoms with Gasteiger partial charge in [0, 0.05) is 12.1 Å². The maximum absolute atomic E-state index is 11.6. The first-order valence-corrected chi connectivity index (χ1v) is 6.72. The molecule has 0 spiro atoms. The Labute approximate surface area is 122 Å². The Balaban J connectivity index is 2.11. The number of alkyl carbamates (subject to hydrolysis) is 1. The van der Waals surface area contributed by atoms with Crippen molar-refractivity contribution in [3.63, 3.8) is 0 Å². The summed E-state index contributed by atoms with van der Waals surface area (Å²) in [4.78, 5) is 16.1. The quantitative estimate of drug-likeness (QED) is 0.925. The number of carbonyl (C=O) groups excluding carboxylic acids is 1. The topological polar surface area (TPSA) is 56.2 Å². The zero-order valence-corrected chi connectivity index (χ0v) is 12.8. The standard InChI is InChI=1S/C14H18ClN3O2/c1-14(2,3)20-13(19)16-8-12-17-10-6-5-9(15)7-11(10)18(12)4/h5-7H,8H2,1-4H3,(H,16,19). The largest absolute Gasteiger partial charge is 0.444 e. The molecule has 0 unspecified atom stereocenters. The second-order valence-corrected chi connectivity index (χ2v) is 6.01. The zero-order valence-electron chi connectivity index (χ0n) is 12.0. The number of nitrogens with zero attached hydrogens (tertiary/aromatic N) is 2. The fraction of sp³-hybridized carbons (Fsp3) is 0.429. The molecule has 0 bridgehead atoms. The third kappa shape index (κ3) is 3.42. The average molecular weight is 296 g/mol. The molecule has 0 atom stereocenters. The number of fused-ring (bicyclic) bond motifs is 1. The minimum atomic E-state index is -0.510. The van der Waals surface area contributed by atoms with E-state index in [4.69, 9.17) is 16.3 Å². The smallest absolute Gasteiger partial charge is 0.408 e. The first-order chi connectivity index (χ1) is 9.26. The molecule has 1 amide bonds. The predicted molar refractivity (Wildman–Crippen MR) is 78.8 cm³/mol. The number of imidazole rings is 1. The number of hydrogen-bond donors (Lipinski definition) is 1. The molecule has 0 saturated carbocycles. The minimum absolute atomic E-state index is 0.303. The van der Waals surface area contributed by atoms with Crippen molar-refractivity contribution >= 4 is 28.7 Å². The van der Waals surface area contributed by atoms with E-state index in [2.05, 4.69) is 10.3 Å². The number of carbonyl (C=O) groups is 1. The van der Waals surface area contributed by atoms with Gasteiger partial charge in [-0.05, 0) is 39.0 Å². The summed E-state index contributed by atoms with van der Waals surface area (Å²) in [5.41, 5.74) is 1.26. The van der Waals surface area contributed by atoms with Crippen LogP contribution in [0.5, 0.6) is 0 Å². The van der Waals surface area contributed by atoms with Gasteiger partial charge in [0.1, 0.15) is 11.4 Å². The van der Waals surface area contributed by atoms with Gasteiger partial charge in [0.25, 0.3) is 0 Å². The highest BCUT2D eigenvalue weighted by Crippen LogP contribution is 2.19. The van der Waals surface area contributed by atoms with Crippen LogP contribution in [0, 0.1) is 0 Å². The van der Waals surface area contributed by atoms with Gasteiger partial charge in [-0.25, -0.2) is 9.78 Å². The Bertz CT molecular complexity index is 644. The van der Waals surface area contributed by atoms with Crippen LogP contribution in [0.2, 0.25) is 5.02 Å². The molecular formula is C14H18ClN3O2. The summed E-state index contributed by atoms with van der Waals surface area (Å²) >= 11 is 5.97. The van der Waals surface area contributed by atoms with Crippen molar-refractivity contribution in [1.82, 2.24) is 14.9 Å². The lowest BCUT2D eigenvalue weighted by molar-refractivity contribution is 0.0522. The molecule has 1 N–H and O–H groups in total. The molecule has 0 aliphatic heterocycles. The molecule has 108 valence electrons. The summed E-state index contributed by atoms with van der Waals surface area (Å²) in [7, 11) is 1.89. The molecule has 0 saturated heterocycles. The Hall–Kier alpha value is -1.75. The fourth-order valence-corrected chi connectivity index (χ4v) is 2.00. The number of nitrogens with one attached hydrogen (secondary N) is 1. The van der Waals surface area contributed by atoms with Crippen molar-refractivity contribution in [3.05, 3.63) is 29.0 Å².